The number of anilines is 1. The number of amides is 2. The summed E-state index contributed by atoms with van der Waals surface area (Å²) in [5.41, 5.74) is 2.10. The van der Waals surface area contributed by atoms with Crippen LogP contribution in [0.25, 0.3) is 0 Å². The van der Waals surface area contributed by atoms with E-state index in [0.29, 0.717) is 28.6 Å². The number of carbonyl (C=O) groups is 2. The van der Waals surface area contributed by atoms with Crippen molar-refractivity contribution in [2.45, 2.75) is 12.6 Å². The van der Waals surface area contributed by atoms with Crippen molar-refractivity contribution in [2.75, 3.05) is 12.4 Å². The average Bonchev–Trinajstić information content (AvgIpc) is 3.31. The fraction of sp³-hybridized carbons (Fsp3) is 0.150. The molecule has 2 amide bonds. The second-order valence-corrected chi connectivity index (χ2v) is 8.02. The number of para-hydroxylation sites is 1. The zero-order chi connectivity index (χ0) is 19.7. The zero-order valence-corrected chi connectivity index (χ0v) is 17.3. The van der Waals surface area contributed by atoms with Crippen LogP contribution in [0.15, 0.2) is 58.5 Å². The Labute approximate surface area is 174 Å². The van der Waals surface area contributed by atoms with E-state index < -0.39 is 6.04 Å². The molecule has 0 saturated carbocycles. The smallest absolute Gasteiger partial charge is 0.255 e. The molecular weight excluding hydrogens is 442 g/mol. The van der Waals surface area contributed by atoms with Crippen molar-refractivity contribution in [2.24, 2.45) is 0 Å². The Bertz CT molecular complexity index is 1040. The summed E-state index contributed by atoms with van der Waals surface area (Å²) in [7, 11) is 1.55. The number of nitrogens with zero attached hydrogens (tertiary/aromatic N) is 2. The maximum absolute atomic E-state index is 13.2. The Morgan fingerprint density at radius 1 is 1.32 bits per heavy atom. The van der Waals surface area contributed by atoms with Gasteiger partial charge in [-0.25, -0.2) is 4.98 Å². The van der Waals surface area contributed by atoms with Gasteiger partial charge in [0.05, 0.1) is 7.11 Å². The normalized spacial score (nSPS) is 13.9. The minimum absolute atomic E-state index is 0.193. The molecule has 0 spiro atoms. The number of halogens is 1. The van der Waals surface area contributed by atoms with Gasteiger partial charge in [0, 0.05) is 33.7 Å². The van der Waals surface area contributed by atoms with E-state index in [2.05, 4.69) is 26.2 Å². The zero-order valence-electron chi connectivity index (χ0n) is 14.9. The molecule has 28 heavy (non-hydrogen) atoms. The van der Waals surface area contributed by atoms with E-state index in [1.165, 1.54) is 11.3 Å². The van der Waals surface area contributed by atoms with Crippen molar-refractivity contribution in [3.8, 4) is 5.75 Å². The number of aromatic nitrogens is 1. The van der Waals surface area contributed by atoms with Gasteiger partial charge in [-0.1, -0.05) is 40.2 Å². The van der Waals surface area contributed by atoms with Crippen LogP contribution in [0, 0.1) is 0 Å². The standard InChI is InChI=1S/C20H16BrN3O3S/c1-27-16-5-3-2-4-14(16)17(18(25)23-20-22-8-9-28-20)24-11-12-6-7-13(21)10-15(12)19(24)26/h2-10,17H,11H2,1H3,(H,22,23,25)/t17-/m1/s1. The van der Waals surface area contributed by atoms with Gasteiger partial charge in [-0.15, -0.1) is 11.3 Å². The molecule has 4 rings (SSSR count). The summed E-state index contributed by atoms with van der Waals surface area (Å²) < 4.78 is 6.29. The number of carbonyl (C=O) groups excluding carboxylic acids is 2. The van der Waals surface area contributed by atoms with Crippen molar-refractivity contribution < 1.29 is 14.3 Å². The van der Waals surface area contributed by atoms with E-state index in [9.17, 15) is 9.59 Å². The number of thiazole rings is 1. The van der Waals surface area contributed by atoms with Gasteiger partial charge >= 0.3 is 0 Å². The van der Waals surface area contributed by atoms with Crippen molar-refractivity contribution in [1.29, 1.82) is 0 Å². The molecule has 0 unspecified atom stereocenters. The fourth-order valence-electron chi connectivity index (χ4n) is 3.31. The highest BCUT2D eigenvalue weighted by Crippen LogP contribution is 2.37. The quantitative estimate of drug-likeness (QED) is 0.621. The van der Waals surface area contributed by atoms with E-state index >= 15 is 0 Å². The molecule has 0 fully saturated rings. The molecule has 1 aliphatic rings. The second kappa shape index (κ2) is 7.73. The Morgan fingerprint density at radius 3 is 2.89 bits per heavy atom. The third kappa shape index (κ3) is 3.41. The Morgan fingerprint density at radius 2 is 2.14 bits per heavy atom. The minimum Gasteiger partial charge on any atom is -0.496 e. The lowest BCUT2D eigenvalue weighted by molar-refractivity contribution is -0.120. The highest BCUT2D eigenvalue weighted by atomic mass is 79.9. The minimum atomic E-state index is -0.848. The van der Waals surface area contributed by atoms with Gasteiger partial charge in [-0.3, -0.25) is 14.9 Å². The van der Waals surface area contributed by atoms with Crippen molar-refractivity contribution in [3.63, 3.8) is 0 Å². The Balaban J connectivity index is 1.75. The second-order valence-electron chi connectivity index (χ2n) is 6.21. The summed E-state index contributed by atoms with van der Waals surface area (Å²) in [4.78, 5) is 32.1. The third-order valence-corrected chi connectivity index (χ3v) is 5.74. The maximum Gasteiger partial charge on any atom is 0.255 e. The third-order valence-electron chi connectivity index (χ3n) is 4.56. The molecule has 1 aliphatic heterocycles. The van der Waals surface area contributed by atoms with Crippen molar-refractivity contribution >= 4 is 44.2 Å². The van der Waals surface area contributed by atoms with Crippen LogP contribution >= 0.6 is 27.3 Å². The van der Waals surface area contributed by atoms with Crippen LogP contribution in [-0.4, -0.2) is 28.8 Å². The lowest BCUT2D eigenvalue weighted by Crippen LogP contribution is -2.37. The number of rotatable bonds is 5. The molecular formula is C20H16BrN3O3S. The van der Waals surface area contributed by atoms with E-state index in [1.54, 1.807) is 41.8 Å². The van der Waals surface area contributed by atoms with Crippen LogP contribution in [0.2, 0.25) is 0 Å². The van der Waals surface area contributed by atoms with Crippen LogP contribution in [0.5, 0.6) is 5.75 Å². The molecule has 6 nitrogen and oxygen atoms in total. The predicted octanol–water partition coefficient (Wildman–Crippen LogP) is 4.25. The van der Waals surface area contributed by atoms with Crippen LogP contribution in [-0.2, 0) is 11.3 Å². The number of nitrogens with one attached hydrogen (secondary N) is 1. The van der Waals surface area contributed by atoms with E-state index in [1.807, 2.05) is 24.3 Å². The van der Waals surface area contributed by atoms with Crippen LogP contribution in [0.4, 0.5) is 5.13 Å². The molecule has 1 atom stereocenters. The number of hydrogen-bond acceptors (Lipinski definition) is 5. The van der Waals surface area contributed by atoms with Gasteiger partial charge in [0.2, 0.25) is 0 Å². The summed E-state index contributed by atoms with van der Waals surface area (Å²) in [5.74, 6) is 0.0212. The monoisotopic (exact) mass is 457 g/mol. The molecule has 142 valence electrons. The molecule has 3 aromatic rings. The van der Waals surface area contributed by atoms with Crippen molar-refractivity contribution in [1.82, 2.24) is 9.88 Å². The van der Waals surface area contributed by atoms with E-state index in [-0.39, 0.29) is 11.8 Å². The molecule has 0 aliphatic carbocycles. The average molecular weight is 458 g/mol. The summed E-state index contributed by atoms with van der Waals surface area (Å²) in [5, 5.41) is 5.08. The molecule has 1 N–H and O–H groups in total. The summed E-state index contributed by atoms with van der Waals surface area (Å²) >= 11 is 4.73. The first-order valence-electron chi connectivity index (χ1n) is 8.51. The number of methoxy groups -OCH3 is 1. The molecule has 0 saturated heterocycles. The van der Waals surface area contributed by atoms with E-state index in [4.69, 9.17) is 4.74 Å². The summed E-state index contributed by atoms with van der Waals surface area (Å²) in [6, 6.07) is 12.0. The summed E-state index contributed by atoms with van der Waals surface area (Å²) in [6.45, 7) is 0.343. The Hall–Kier alpha value is -2.71. The predicted molar refractivity (Wildman–Crippen MR) is 110 cm³/mol. The first kappa shape index (κ1) is 18.6. The Kier molecular flexibility index (Phi) is 5.15. The molecule has 0 radical (unpaired) electrons. The first-order valence-corrected chi connectivity index (χ1v) is 10.2. The number of ether oxygens (including phenoxy) is 1. The fourth-order valence-corrected chi connectivity index (χ4v) is 4.20. The first-order chi connectivity index (χ1) is 13.6. The number of benzene rings is 2. The van der Waals surface area contributed by atoms with Gasteiger partial charge in [-0.2, -0.15) is 0 Å². The van der Waals surface area contributed by atoms with Crippen molar-refractivity contribution in [3.05, 3.63) is 75.2 Å². The molecule has 2 heterocycles. The van der Waals surface area contributed by atoms with Gasteiger partial charge in [0.1, 0.15) is 11.8 Å². The molecule has 0 bridgehead atoms. The van der Waals surface area contributed by atoms with Gasteiger partial charge in [0.15, 0.2) is 5.13 Å². The number of fused-ring (bicyclic) bond motifs is 1. The molecule has 1 aromatic heterocycles. The number of hydrogen-bond donors (Lipinski definition) is 1. The lowest BCUT2D eigenvalue weighted by atomic mass is 10.0. The highest BCUT2D eigenvalue weighted by Gasteiger charge is 2.39. The largest absolute Gasteiger partial charge is 0.496 e. The molecule has 8 heteroatoms. The van der Waals surface area contributed by atoms with Gasteiger partial charge < -0.3 is 9.64 Å². The van der Waals surface area contributed by atoms with Crippen LogP contribution in [0.1, 0.15) is 27.5 Å². The topological polar surface area (TPSA) is 71.5 Å². The van der Waals surface area contributed by atoms with Gasteiger partial charge in [-0.05, 0) is 23.8 Å². The SMILES string of the molecule is COc1ccccc1[C@H](C(=O)Nc1nccs1)N1Cc2ccc(Br)cc2C1=O. The maximum atomic E-state index is 13.2. The van der Waals surface area contributed by atoms with Gasteiger partial charge in [0.25, 0.3) is 11.8 Å². The van der Waals surface area contributed by atoms with Crippen LogP contribution in [0.3, 0.4) is 0 Å². The lowest BCUT2D eigenvalue weighted by Gasteiger charge is -2.28. The molecule has 2 aromatic carbocycles. The van der Waals surface area contributed by atoms with E-state index in [0.717, 1.165) is 10.0 Å². The summed E-state index contributed by atoms with van der Waals surface area (Å²) in [6.07, 6.45) is 1.62. The highest BCUT2D eigenvalue weighted by molar-refractivity contribution is 9.10. The van der Waals surface area contributed by atoms with Crippen LogP contribution < -0.4 is 10.1 Å².